The molecule has 0 atom stereocenters. The maximum absolute atomic E-state index is 13.7. The lowest BCUT2D eigenvalue weighted by molar-refractivity contribution is 0.0809. The summed E-state index contributed by atoms with van der Waals surface area (Å²) in [6.07, 6.45) is 1.05. The molecule has 2 aromatic carbocycles. The number of hydrogen-bond donors (Lipinski definition) is 2. The highest BCUT2D eigenvalue weighted by Gasteiger charge is 2.44. The number of likely N-dealkylation sites (tertiary alicyclic amines) is 1. The van der Waals surface area contributed by atoms with Crippen molar-refractivity contribution in [2.75, 3.05) is 25.0 Å². The number of halogens is 2. The van der Waals surface area contributed by atoms with E-state index in [2.05, 4.69) is 10.6 Å². The minimum atomic E-state index is -0.647. The first-order valence-electron chi connectivity index (χ1n) is 9.51. The molecule has 0 bridgehead atoms. The zero-order chi connectivity index (χ0) is 20.6. The number of nitrogens with zero attached hydrogens (tertiary/aromatic N) is 2. The molecule has 0 aliphatic carbocycles. The highest BCUT2D eigenvalue weighted by molar-refractivity contribution is 6.02. The van der Waals surface area contributed by atoms with Gasteiger partial charge in [0.1, 0.15) is 17.3 Å². The van der Waals surface area contributed by atoms with Crippen LogP contribution in [-0.2, 0) is 6.54 Å². The van der Waals surface area contributed by atoms with Gasteiger partial charge in [-0.1, -0.05) is 12.1 Å². The number of benzene rings is 2. The van der Waals surface area contributed by atoms with Gasteiger partial charge in [0, 0.05) is 39.5 Å². The lowest BCUT2D eigenvalue weighted by atomic mass is 9.90. The molecule has 3 amide bonds. The van der Waals surface area contributed by atoms with Gasteiger partial charge in [-0.25, -0.2) is 13.6 Å². The Morgan fingerprint density at radius 2 is 1.76 bits per heavy atom. The quantitative estimate of drug-likeness (QED) is 0.815. The highest BCUT2D eigenvalue weighted by atomic mass is 19.1. The SMILES string of the molecule is CN1c2cc(F)ccc2C(=O)NC12CCN(C(=O)NCc1ccc(F)cc1)CC2. The van der Waals surface area contributed by atoms with Gasteiger partial charge in [0.2, 0.25) is 0 Å². The summed E-state index contributed by atoms with van der Waals surface area (Å²) < 4.78 is 26.7. The van der Waals surface area contributed by atoms with Crippen LogP contribution in [0.25, 0.3) is 0 Å². The van der Waals surface area contributed by atoms with Crippen molar-refractivity contribution in [2.45, 2.75) is 25.0 Å². The summed E-state index contributed by atoms with van der Waals surface area (Å²) >= 11 is 0. The van der Waals surface area contributed by atoms with Gasteiger partial charge in [0.05, 0.1) is 11.3 Å². The molecule has 2 aromatic rings. The summed E-state index contributed by atoms with van der Waals surface area (Å²) in [7, 11) is 1.84. The molecule has 0 saturated carbocycles. The number of hydrogen-bond acceptors (Lipinski definition) is 3. The third kappa shape index (κ3) is 3.62. The molecule has 1 saturated heterocycles. The third-order valence-electron chi connectivity index (χ3n) is 5.79. The highest BCUT2D eigenvalue weighted by Crippen LogP contribution is 2.36. The van der Waals surface area contributed by atoms with Crippen LogP contribution >= 0.6 is 0 Å². The second-order valence-electron chi connectivity index (χ2n) is 7.48. The number of amides is 3. The largest absolute Gasteiger partial charge is 0.351 e. The van der Waals surface area contributed by atoms with Crippen LogP contribution in [0.5, 0.6) is 0 Å². The molecular weight excluding hydrogens is 378 g/mol. The molecule has 0 unspecified atom stereocenters. The zero-order valence-corrected chi connectivity index (χ0v) is 16.0. The fraction of sp³-hybridized carbons (Fsp3) is 0.333. The van der Waals surface area contributed by atoms with Crippen LogP contribution in [-0.4, -0.2) is 42.6 Å². The molecule has 2 aliphatic rings. The van der Waals surface area contributed by atoms with Crippen LogP contribution in [0.3, 0.4) is 0 Å². The van der Waals surface area contributed by atoms with E-state index < -0.39 is 11.5 Å². The molecular formula is C21H22F2N4O2. The van der Waals surface area contributed by atoms with Gasteiger partial charge < -0.3 is 20.4 Å². The minimum Gasteiger partial charge on any atom is -0.351 e. The van der Waals surface area contributed by atoms with E-state index in [0.717, 1.165) is 5.56 Å². The van der Waals surface area contributed by atoms with E-state index in [1.165, 1.54) is 30.3 Å². The van der Waals surface area contributed by atoms with Gasteiger partial charge in [-0.3, -0.25) is 4.79 Å². The molecule has 2 aliphatic heterocycles. The summed E-state index contributed by atoms with van der Waals surface area (Å²) in [4.78, 5) is 28.6. The lowest BCUT2D eigenvalue weighted by Crippen LogP contribution is -2.67. The Morgan fingerprint density at radius 3 is 2.45 bits per heavy atom. The number of carbonyl (C=O) groups excluding carboxylic acids is 2. The number of urea groups is 1. The van der Waals surface area contributed by atoms with E-state index >= 15 is 0 Å². The van der Waals surface area contributed by atoms with E-state index in [1.807, 2.05) is 11.9 Å². The standard InChI is InChI=1S/C21H22F2N4O2/c1-26-18-12-16(23)6-7-17(18)19(28)25-21(26)8-10-27(11-9-21)20(29)24-13-14-2-4-15(22)5-3-14/h2-7,12H,8-11,13H2,1H3,(H,24,29)(H,25,28). The Kier molecular flexibility index (Phi) is 4.86. The maximum Gasteiger partial charge on any atom is 0.317 e. The topological polar surface area (TPSA) is 64.7 Å². The van der Waals surface area contributed by atoms with Crippen molar-refractivity contribution < 1.29 is 18.4 Å². The lowest BCUT2D eigenvalue weighted by Gasteiger charge is -2.51. The fourth-order valence-corrected chi connectivity index (χ4v) is 4.00. The van der Waals surface area contributed by atoms with Crippen molar-refractivity contribution in [1.29, 1.82) is 0 Å². The number of carbonyl (C=O) groups is 2. The summed E-state index contributed by atoms with van der Waals surface area (Å²) in [6, 6.07) is 9.90. The summed E-state index contributed by atoms with van der Waals surface area (Å²) in [6.45, 7) is 1.21. The predicted octanol–water partition coefficient (Wildman–Crippen LogP) is 2.85. The van der Waals surface area contributed by atoms with Crippen molar-refractivity contribution >= 4 is 17.6 Å². The zero-order valence-electron chi connectivity index (χ0n) is 16.0. The Morgan fingerprint density at radius 1 is 1.10 bits per heavy atom. The average molecular weight is 400 g/mol. The van der Waals surface area contributed by atoms with Gasteiger partial charge >= 0.3 is 6.03 Å². The molecule has 2 N–H and O–H groups in total. The Balaban J connectivity index is 1.40. The van der Waals surface area contributed by atoms with Crippen LogP contribution in [0.1, 0.15) is 28.8 Å². The van der Waals surface area contributed by atoms with Crippen molar-refractivity contribution in [2.24, 2.45) is 0 Å². The molecule has 4 rings (SSSR count). The van der Waals surface area contributed by atoms with Gasteiger partial charge in [-0.15, -0.1) is 0 Å². The van der Waals surface area contributed by atoms with Crippen LogP contribution in [0.4, 0.5) is 19.3 Å². The Hall–Kier alpha value is -3.16. The number of nitrogens with one attached hydrogen (secondary N) is 2. The van der Waals surface area contributed by atoms with Gasteiger partial charge in [0.25, 0.3) is 5.91 Å². The van der Waals surface area contributed by atoms with Gasteiger partial charge in [-0.05, 0) is 35.9 Å². The molecule has 29 heavy (non-hydrogen) atoms. The van der Waals surface area contributed by atoms with Crippen molar-refractivity contribution in [1.82, 2.24) is 15.5 Å². The number of rotatable bonds is 2. The van der Waals surface area contributed by atoms with Crippen molar-refractivity contribution in [3.8, 4) is 0 Å². The molecule has 6 nitrogen and oxygen atoms in total. The second-order valence-corrected chi connectivity index (χ2v) is 7.48. The van der Waals surface area contributed by atoms with Crippen molar-refractivity contribution in [3.63, 3.8) is 0 Å². The monoisotopic (exact) mass is 400 g/mol. The van der Waals surface area contributed by atoms with Crippen LogP contribution < -0.4 is 15.5 Å². The Bertz CT molecular complexity index is 940. The van der Waals surface area contributed by atoms with Crippen LogP contribution in [0.2, 0.25) is 0 Å². The second kappa shape index (κ2) is 7.35. The van der Waals surface area contributed by atoms with Crippen LogP contribution in [0.15, 0.2) is 42.5 Å². The third-order valence-corrected chi connectivity index (χ3v) is 5.79. The van der Waals surface area contributed by atoms with Crippen molar-refractivity contribution in [3.05, 3.63) is 65.2 Å². The van der Waals surface area contributed by atoms with Gasteiger partial charge in [-0.2, -0.15) is 0 Å². The maximum atomic E-state index is 13.7. The first-order valence-corrected chi connectivity index (χ1v) is 9.51. The van der Waals surface area contributed by atoms with E-state index in [0.29, 0.717) is 43.7 Å². The Labute approximate surface area is 167 Å². The fourth-order valence-electron chi connectivity index (χ4n) is 4.00. The first-order chi connectivity index (χ1) is 13.9. The average Bonchev–Trinajstić information content (AvgIpc) is 2.72. The summed E-state index contributed by atoms with van der Waals surface area (Å²) in [5, 5.41) is 5.89. The molecule has 2 heterocycles. The van der Waals surface area contributed by atoms with E-state index in [1.54, 1.807) is 17.0 Å². The van der Waals surface area contributed by atoms with E-state index in [-0.39, 0.29) is 17.8 Å². The molecule has 8 heteroatoms. The number of piperidine rings is 1. The molecule has 1 spiro atoms. The normalized spacial score (nSPS) is 17.7. The summed E-state index contributed by atoms with van der Waals surface area (Å²) in [5.74, 6) is -0.938. The number of fused-ring (bicyclic) bond motifs is 1. The van der Waals surface area contributed by atoms with E-state index in [9.17, 15) is 18.4 Å². The summed E-state index contributed by atoms with van der Waals surface area (Å²) in [5.41, 5.74) is 1.17. The van der Waals surface area contributed by atoms with Gasteiger partial charge in [0.15, 0.2) is 0 Å². The number of anilines is 1. The van der Waals surface area contributed by atoms with E-state index in [4.69, 9.17) is 0 Å². The molecule has 152 valence electrons. The smallest absolute Gasteiger partial charge is 0.317 e. The molecule has 0 aromatic heterocycles. The molecule has 0 radical (unpaired) electrons. The minimum absolute atomic E-state index is 0.208. The van der Waals surface area contributed by atoms with Crippen LogP contribution in [0, 0.1) is 11.6 Å². The first kappa shape index (κ1) is 19.2. The predicted molar refractivity (Wildman–Crippen MR) is 104 cm³/mol. The molecule has 1 fully saturated rings.